The van der Waals surface area contributed by atoms with Gasteiger partial charge in [0.25, 0.3) is 0 Å². The number of methoxy groups -OCH3 is 1. The first-order chi connectivity index (χ1) is 11.0. The van der Waals surface area contributed by atoms with Crippen molar-refractivity contribution in [3.63, 3.8) is 0 Å². The molecule has 0 heterocycles. The summed E-state index contributed by atoms with van der Waals surface area (Å²) in [5, 5.41) is 8.66. The second kappa shape index (κ2) is 7.45. The Balaban J connectivity index is 2.18. The molecule has 0 saturated heterocycles. The number of hydrogen-bond donors (Lipinski definition) is 1. The molecule has 0 aliphatic heterocycles. The molecule has 23 heavy (non-hydrogen) atoms. The number of nitrogens with zero attached hydrogens (tertiary/aromatic N) is 1. The summed E-state index contributed by atoms with van der Waals surface area (Å²) in [4.78, 5) is 15.0. The molecule has 0 saturated carbocycles. The lowest BCUT2D eigenvalue weighted by atomic mass is 10.1. The summed E-state index contributed by atoms with van der Waals surface area (Å²) in [6.45, 7) is 3.70. The molecular weight excluding hydrogens is 294 g/mol. The molecule has 0 amide bonds. The summed E-state index contributed by atoms with van der Waals surface area (Å²) in [5.74, 6) is -0.180. The van der Waals surface area contributed by atoms with Crippen molar-refractivity contribution in [3.8, 4) is 11.5 Å². The molecule has 0 unspecified atom stereocenters. The third kappa shape index (κ3) is 4.57. The Bertz CT molecular complexity index is 738. The number of benzene rings is 2. The van der Waals surface area contributed by atoms with E-state index in [1.165, 1.54) is 18.2 Å². The number of carbonyl (C=O) groups is 1. The topological polar surface area (TPSA) is 68.1 Å². The van der Waals surface area contributed by atoms with Crippen LogP contribution in [0.3, 0.4) is 0 Å². The zero-order valence-corrected chi connectivity index (χ0v) is 13.4. The van der Waals surface area contributed by atoms with E-state index in [4.69, 9.17) is 14.6 Å². The monoisotopic (exact) mass is 313 g/mol. The minimum atomic E-state index is -1.03. The third-order valence-corrected chi connectivity index (χ3v) is 3.39. The van der Waals surface area contributed by atoms with Crippen molar-refractivity contribution in [3.05, 3.63) is 53.1 Å². The third-order valence-electron chi connectivity index (χ3n) is 3.39. The average Bonchev–Trinajstić information content (AvgIpc) is 2.54. The number of ether oxygens (including phenoxy) is 2. The first-order valence-electron chi connectivity index (χ1n) is 7.13. The van der Waals surface area contributed by atoms with Gasteiger partial charge in [-0.15, -0.1) is 0 Å². The smallest absolute Gasteiger partial charge is 0.341 e. The molecule has 0 radical (unpaired) electrons. The van der Waals surface area contributed by atoms with Crippen LogP contribution in [0.4, 0.5) is 5.69 Å². The highest BCUT2D eigenvalue weighted by atomic mass is 16.5. The highest BCUT2D eigenvalue weighted by Crippen LogP contribution is 2.27. The highest BCUT2D eigenvalue weighted by molar-refractivity contribution is 5.83. The number of carboxylic acid groups (broad SMARTS) is 1. The molecule has 2 rings (SSSR count). The first-order valence-corrected chi connectivity index (χ1v) is 7.13. The summed E-state index contributed by atoms with van der Waals surface area (Å²) < 4.78 is 10.4. The van der Waals surface area contributed by atoms with E-state index < -0.39 is 12.6 Å². The average molecular weight is 313 g/mol. The molecule has 0 aliphatic rings. The zero-order chi connectivity index (χ0) is 16.8. The van der Waals surface area contributed by atoms with Crippen molar-refractivity contribution in [1.82, 2.24) is 0 Å². The van der Waals surface area contributed by atoms with Gasteiger partial charge in [-0.2, -0.15) is 0 Å². The highest BCUT2D eigenvalue weighted by Gasteiger charge is 2.07. The Morgan fingerprint density at radius 1 is 1.13 bits per heavy atom. The standard InChI is InChI=1S/C18H19NO4/c1-12-4-6-15(8-13(12)2)19-10-14-5-7-16(17(9-14)22-3)23-11-18(20)21/h4-10H,11H2,1-3H3,(H,20,21). The fraction of sp³-hybridized carbons (Fsp3) is 0.222. The molecule has 0 bridgehead atoms. The molecule has 0 atom stereocenters. The van der Waals surface area contributed by atoms with Crippen LogP contribution in [0.2, 0.25) is 0 Å². The molecule has 0 aliphatic carbocycles. The van der Waals surface area contributed by atoms with E-state index in [9.17, 15) is 4.79 Å². The van der Waals surface area contributed by atoms with Crippen LogP contribution in [-0.2, 0) is 4.79 Å². The maximum atomic E-state index is 10.6. The van der Waals surface area contributed by atoms with E-state index >= 15 is 0 Å². The van der Waals surface area contributed by atoms with E-state index in [0.717, 1.165) is 11.3 Å². The lowest BCUT2D eigenvalue weighted by molar-refractivity contribution is -0.139. The van der Waals surface area contributed by atoms with Gasteiger partial charge in [0, 0.05) is 6.21 Å². The Morgan fingerprint density at radius 3 is 2.57 bits per heavy atom. The zero-order valence-electron chi connectivity index (χ0n) is 13.4. The summed E-state index contributed by atoms with van der Waals surface area (Å²) in [6.07, 6.45) is 1.73. The number of aliphatic imine (C=N–C) groups is 1. The van der Waals surface area contributed by atoms with Gasteiger partial charge < -0.3 is 14.6 Å². The van der Waals surface area contributed by atoms with Gasteiger partial charge in [-0.25, -0.2) is 4.79 Å². The van der Waals surface area contributed by atoms with Crippen molar-refractivity contribution in [2.75, 3.05) is 13.7 Å². The van der Waals surface area contributed by atoms with Gasteiger partial charge in [-0.1, -0.05) is 6.07 Å². The van der Waals surface area contributed by atoms with E-state index in [-0.39, 0.29) is 0 Å². The second-order valence-corrected chi connectivity index (χ2v) is 5.12. The predicted octanol–water partition coefficient (Wildman–Crippen LogP) is 3.53. The van der Waals surface area contributed by atoms with Crippen molar-refractivity contribution >= 4 is 17.9 Å². The molecule has 0 fully saturated rings. The normalized spacial score (nSPS) is 10.7. The van der Waals surface area contributed by atoms with E-state index in [2.05, 4.69) is 11.9 Å². The van der Waals surface area contributed by atoms with Crippen LogP contribution in [0.1, 0.15) is 16.7 Å². The molecule has 5 heteroatoms. The van der Waals surface area contributed by atoms with Crippen LogP contribution >= 0.6 is 0 Å². The van der Waals surface area contributed by atoms with Crippen LogP contribution in [0.25, 0.3) is 0 Å². The van der Waals surface area contributed by atoms with Crippen LogP contribution < -0.4 is 9.47 Å². The molecule has 1 N–H and O–H groups in total. The minimum Gasteiger partial charge on any atom is -0.493 e. The van der Waals surface area contributed by atoms with E-state index in [1.807, 2.05) is 25.1 Å². The van der Waals surface area contributed by atoms with E-state index in [0.29, 0.717) is 11.5 Å². The van der Waals surface area contributed by atoms with Gasteiger partial charge in [-0.05, 0) is 60.9 Å². The molecule has 0 aromatic heterocycles. The summed E-state index contributed by atoms with van der Waals surface area (Å²) in [6, 6.07) is 11.2. The molecule has 2 aromatic carbocycles. The molecule has 120 valence electrons. The maximum absolute atomic E-state index is 10.6. The van der Waals surface area contributed by atoms with Gasteiger partial charge in [0.15, 0.2) is 18.1 Å². The lowest BCUT2D eigenvalue weighted by Gasteiger charge is -2.09. The predicted molar refractivity (Wildman–Crippen MR) is 89.3 cm³/mol. The lowest BCUT2D eigenvalue weighted by Crippen LogP contribution is -2.10. The van der Waals surface area contributed by atoms with Crippen LogP contribution in [0.5, 0.6) is 11.5 Å². The summed E-state index contributed by atoms with van der Waals surface area (Å²) in [7, 11) is 1.51. The fourth-order valence-corrected chi connectivity index (χ4v) is 1.98. The number of hydrogen-bond acceptors (Lipinski definition) is 4. The van der Waals surface area contributed by atoms with Crippen LogP contribution in [0, 0.1) is 13.8 Å². The summed E-state index contributed by atoms with van der Waals surface area (Å²) >= 11 is 0. The number of aliphatic carboxylic acids is 1. The minimum absolute atomic E-state index is 0.387. The van der Waals surface area contributed by atoms with Crippen molar-refractivity contribution in [2.24, 2.45) is 4.99 Å². The molecule has 2 aromatic rings. The number of aryl methyl sites for hydroxylation is 2. The Kier molecular flexibility index (Phi) is 5.36. The van der Waals surface area contributed by atoms with Crippen molar-refractivity contribution in [1.29, 1.82) is 0 Å². The first kappa shape index (κ1) is 16.5. The Labute approximate surface area is 135 Å². The maximum Gasteiger partial charge on any atom is 0.341 e. The van der Waals surface area contributed by atoms with Gasteiger partial charge in [0.05, 0.1) is 12.8 Å². The molecular formula is C18H19NO4. The van der Waals surface area contributed by atoms with Gasteiger partial charge in [-0.3, -0.25) is 4.99 Å². The SMILES string of the molecule is COc1cc(C=Nc2ccc(C)c(C)c2)ccc1OCC(=O)O. The Morgan fingerprint density at radius 2 is 1.91 bits per heavy atom. The number of carboxylic acids is 1. The largest absolute Gasteiger partial charge is 0.493 e. The summed E-state index contributed by atoms with van der Waals surface area (Å²) in [5.41, 5.74) is 4.13. The van der Waals surface area contributed by atoms with Crippen molar-refractivity contribution in [2.45, 2.75) is 13.8 Å². The molecule has 5 nitrogen and oxygen atoms in total. The van der Waals surface area contributed by atoms with Crippen molar-refractivity contribution < 1.29 is 19.4 Å². The van der Waals surface area contributed by atoms with Gasteiger partial charge in [0.2, 0.25) is 0 Å². The van der Waals surface area contributed by atoms with Gasteiger partial charge >= 0.3 is 5.97 Å². The number of rotatable bonds is 6. The fourth-order valence-electron chi connectivity index (χ4n) is 1.98. The Hall–Kier alpha value is -2.82. The van der Waals surface area contributed by atoms with Gasteiger partial charge in [0.1, 0.15) is 0 Å². The quantitative estimate of drug-likeness (QED) is 0.828. The van der Waals surface area contributed by atoms with Crippen LogP contribution in [0.15, 0.2) is 41.4 Å². The van der Waals surface area contributed by atoms with Crippen LogP contribution in [-0.4, -0.2) is 31.0 Å². The molecule has 0 spiro atoms. The van der Waals surface area contributed by atoms with E-state index in [1.54, 1.807) is 24.4 Å². The second-order valence-electron chi connectivity index (χ2n) is 5.12.